The van der Waals surface area contributed by atoms with Crippen molar-refractivity contribution in [1.82, 2.24) is 5.32 Å². The van der Waals surface area contributed by atoms with Crippen molar-refractivity contribution >= 4 is 49.4 Å². The fourth-order valence-corrected chi connectivity index (χ4v) is 3.35. The van der Waals surface area contributed by atoms with Crippen LogP contribution in [0.5, 0.6) is 0 Å². The van der Waals surface area contributed by atoms with Gasteiger partial charge in [0.1, 0.15) is 0 Å². The second-order valence-electron chi connectivity index (χ2n) is 4.51. The van der Waals surface area contributed by atoms with Gasteiger partial charge in [0.2, 0.25) is 0 Å². The third-order valence-corrected chi connectivity index (χ3v) is 5.49. The molecule has 0 spiro atoms. The van der Waals surface area contributed by atoms with Crippen molar-refractivity contribution in [1.29, 1.82) is 0 Å². The van der Waals surface area contributed by atoms with E-state index in [2.05, 4.69) is 37.2 Å². The van der Waals surface area contributed by atoms with E-state index in [-0.39, 0.29) is 11.9 Å². The number of benzene rings is 1. The van der Waals surface area contributed by atoms with Gasteiger partial charge in [0.25, 0.3) is 5.91 Å². The first-order valence-electron chi connectivity index (χ1n) is 5.98. The Morgan fingerprint density at radius 1 is 1.33 bits per heavy atom. The largest absolute Gasteiger partial charge is 0.348 e. The first kappa shape index (κ1) is 14.4. The normalized spacial score (nSPS) is 23.7. The zero-order valence-corrected chi connectivity index (χ0v) is 13.7. The third kappa shape index (κ3) is 3.49. The van der Waals surface area contributed by atoms with Gasteiger partial charge in [-0.05, 0) is 47.0 Å². The SMILES string of the molecule is O=C(NC1CCCCC1Br)c1ccc(Cl)c(Br)c1. The van der Waals surface area contributed by atoms with E-state index in [0.717, 1.165) is 17.3 Å². The van der Waals surface area contributed by atoms with E-state index in [1.54, 1.807) is 18.2 Å². The van der Waals surface area contributed by atoms with Gasteiger partial charge in [0, 0.05) is 20.9 Å². The Morgan fingerprint density at radius 3 is 2.72 bits per heavy atom. The Labute approximate surface area is 129 Å². The van der Waals surface area contributed by atoms with Gasteiger partial charge in [0.05, 0.1) is 5.02 Å². The molecule has 0 radical (unpaired) electrons. The predicted molar refractivity (Wildman–Crippen MR) is 81.6 cm³/mol. The topological polar surface area (TPSA) is 29.1 Å². The number of halogens is 3. The Kier molecular flexibility index (Phi) is 5.10. The van der Waals surface area contributed by atoms with Gasteiger partial charge in [-0.3, -0.25) is 4.79 Å². The van der Waals surface area contributed by atoms with E-state index in [4.69, 9.17) is 11.6 Å². The van der Waals surface area contributed by atoms with Crippen LogP contribution in [-0.2, 0) is 0 Å². The average molecular weight is 396 g/mol. The summed E-state index contributed by atoms with van der Waals surface area (Å²) in [4.78, 5) is 12.5. The smallest absolute Gasteiger partial charge is 0.251 e. The van der Waals surface area contributed by atoms with Crippen LogP contribution in [0.15, 0.2) is 22.7 Å². The van der Waals surface area contributed by atoms with Gasteiger partial charge in [-0.1, -0.05) is 40.4 Å². The molecule has 1 aromatic carbocycles. The summed E-state index contributed by atoms with van der Waals surface area (Å²) in [6, 6.07) is 5.45. The van der Waals surface area contributed by atoms with Crippen LogP contribution in [-0.4, -0.2) is 16.8 Å². The first-order valence-corrected chi connectivity index (χ1v) is 8.06. The number of nitrogens with one attached hydrogen (secondary N) is 1. The van der Waals surface area contributed by atoms with Crippen LogP contribution >= 0.6 is 43.5 Å². The lowest BCUT2D eigenvalue weighted by Gasteiger charge is -2.28. The molecule has 0 aliphatic heterocycles. The minimum absolute atomic E-state index is 0.0382. The zero-order valence-electron chi connectivity index (χ0n) is 9.76. The van der Waals surface area contributed by atoms with Crippen molar-refractivity contribution in [2.45, 2.75) is 36.6 Å². The Morgan fingerprint density at radius 2 is 2.06 bits per heavy atom. The number of carbonyl (C=O) groups excluding carboxylic acids is 1. The predicted octanol–water partition coefficient (Wildman–Crippen LogP) is 4.54. The molecular formula is C13H14Br2ClNO. The maximum atomic E-state index is 12.1. The molecule has 98 valence electrons. The van der Waals surface area contributed by atoms with E-state index >= 15 is 0 Å². The molecule has 2 atom stereocenters. The van der Waals surface area contributed by atoms with Crippen molar-refractivity contribution < 1.29 is 4.79 Å². The third-order valence-electron chi connectivity index (χ3n) is 3.18. The summed E-state index contributed by atoms with van der Waals surface area (Å²) < 4.78 is 0.746. The highest BCUT2D eigenvalue weighted by Gasteiger charge is 2.24. The second kappa shape index (κ2) is 6.40. The van der Waals surface area contributed by atoms with E-state index in [1.807, 2.05) is 0 Å². The van der Waals surface area contributed by atoms with Gasteiger partial charge in [-0.15, -0.1) is 0 Å². The maximum Gasteiger partial charge on any atom is 0.251 e. The van der Waals surface area contributed by atoms with Crippen molar-refractivity contribution in [3.63, 3.8) is 0 Å². The molecule has 1 N–H and O–H groups in total. The molecule has 18 heavy (non-hydrogen) atoms. The highest BCUT2D eigenvalue weighted by molar-refractivity contribution is 9.10. The molecule has 2 unspecified atom stereocenters. The maximum absolute atomic E-state index is 12.1. The van der Waals surface area contributed by atoms with E-state index < -0.39 is 0 Å². The molecule has 0 aromatic heterocycles. The van der Waals surface area contributed by atoms with Crippen LogP contribution in [0, 0.1) is 0 Å². The second-order valence-corrected chi connectivity index (χ2v) is 6.95. The first-order chi connectivity index (χ1) is 8.58. The number of alkyl halides is 1. The lowest BCUT2D eigenvalue weighted by molar-refractivity contribution is 0.0930. The van der Waals surface area contributed by atoms with Gasteiger partial charge in [-0.25, -0.2) is 0 Å². The number of hydrogen-bond donors (Lipinski definition) is 1. The van der Waals surface area contributed by atoms with Crippen molar-refractivity contribution in [3.05, 3.63) is 33.3 Å². The Hall–Kier alpha value is -0.0600. The molecule has 2 rings (SSSR count). The molecule has 1 saturated carbocycles. The van der Waals surface area contributed by atoms with E-state index in [9.17, 15) is 4.79 Å². The lowest BCUT2D eigenvalue weighted by Crippen LogP contribution is -2.42. The van der Waals surface area contributed by atoms with Crippen molar-refractivity contribution in [2.24, 2.45) is 0 Å². The summed E-state index contributed by atoms with van der Waals surface area (Å²) in [6.45, 7) is 0. The Bertz CT molecular complexity index is 453. The van der Waals surface area contributed by atoms with Crippen LogP contribution in [0.25, 0.3) is 0 Å². The van der Waals surface area contributed by atoms with Crippen LogP contribution < -0.4 is 5.32 Å². The molecule has 0 saturated heterocycles. The summed E-state index contributed by atoms with van der Waals surface area (Å²) in [6.07, 6.45) is 4.57. The molecule has 5 heteroatoms. The summed E-state index contributed by atoms with van der Waals surface area (Å²) in [5.41, 5.74) is 0.636. The van der Waals surface area contributed by atoms with Gasteiger partial charge in [0.15, 0.2) is 0 Å². The molecule has 1 aliphatic rings. The van der Waals surface area contributed by atoms with Gasteiger partial charge in [-0.2, -0.15) is 0 Å². The molecule has 1 fully saturated rings. The van der Waals surface area contributed by atoms with E-state index in [0.29, 0.717) is 15.4 Å². The number of carbonyl (C=O) groups is 1. The monoisotopic (exact) mass is 393 g/mol. The van der Waals surface area contributed by atoms with Crippen LogP contribution in [0.4, 0.5) is 0 Å². The highest BCUT2D eigenvalue weighted by atomic mass is 79.9. The zero-order chi connectivity index (χ0) is 13.1. The number of hydrogen-bond acceptors (Lipinski definition) is 1. The summed E-state index contributed by atoms with van der Waals surface area (Å²) in [5.74, 6) is -0.0382. The standard InChI is InChI=1S/C13H14Br2ClNO/c14-9-3-1-2-4-12(9)17-13(18)8-5-6-11(16)10(15)7-8/h5-7,9,12H,1-4H2,(H,17,18). The molecule has 0 heterocycles. The summed E-state index contributed by atoms with van der Waals surface area (Å²) in [7, 11) is 0. The summed E-state index contributed by atoms with van der Waals surface area (Å²) >= 11 is 12.9. The minimum atomic E-state index is -0.0382. The van der Waals surface area contributed by atoms with Crippen LogP contribution in [0.2, 0.25) is 5.02 Å². The average Bonchev–Trinajstić information content (AvgIpc) is 2.35. The molecule has 1 amide bonds. The minimum Gasteiger partial charge on any atom is -0.348 e. The number of rotatable bonds is 2. The fraction of sp³-hybridized carbons (Fsp3) is 0.462. The van der Waals surface area contributed by atoms with E-state index in [1.165, 1.54) is 12.8 Å². The fourth-order valence-electron chi connectivity index (χ4n) is 2.14. The quantitative estimate of drug-likeness (QED) is 0.732. The molecule has 0 bridgehead atoms. The van der Waals surface area contributed by atoms with Crippen molar-refractivity contribution in [3.8, 4) is 0 Å². The van der Waals surface area contributed by atoms with Crippen LogP contribution in [0.1, 0.15) is 36.0 Å². The number of amides is 1. The highest BCUT2D eigenvalue weighted by Crippen LogP contribution is 2.26. The molecule has 2 nitrogen and oxygen atoms in total. The molecule has 1 aromatic rings. The van der Waals surface area contributed by atoms with Gasteiger partial charge < -0.3 is 5.32 Å². The van der Waals surface area contributed by atoms with Crippen LogP contribution in [0.3, 0.4) is 0 Å². The summed E-state index contributed by atoms with van der Waals surface area (Å²) in [5, 5.41) is 3.70. The molecule has 1 aliphatic carbocycles. The van der Waals surface area contributed by atoms with Gasteiger partial charge >= 0.3 is 0 Å². The lowest BCUT2D eigenvalue weighted by atomic mass is 9.95. The molecular weight excluding hydrogens is 381 g/mol. The van der Waals surface area contributed by atoms with Crippen molar-refractivity contribution in [2.75, 3.05) is 0 Å². The Balaban J connectivity index is 2.04.